The first-order chi connectivity index (χ1) is 19.8. The normalized spacial score (nSPS) is 12.8. The lowest BCUT2D eigenvalue weighted by Gasteiger charge is -2.33. The third kappa shape index (κ3) is 3.62. The highest BCUT2D eigenvalue weighted by molar-refractivity contribution is 5.88. The Kier molecular flexibility index (Phi) is 5.10. The van der Waals surface area contributed by atoms with E-state index < -0.39 is 0 Å². The number of rotatable bonds is 3. The highest BCUT2D eigenvalue weighted by Gasteiger charge is 2.26. The minimum absolute atomic E-state index is 0.854. The molecule has 0 radical (unpaired) electrons. The number of para-hydroxylation sites is 8. The van der Waals surface area contributed by atoms with Crippen molar-refractivity contribution in [2.45, 2.75) is 0 Å². The van der Waals surface area contributed by atoms with E-state index >= 15 is 0 Å². The molecule has 0 fully saturated rings. The Morgan fingerprint density at radius 1 is 0.300 bits per heavy atom. The number of anilines is 6. The largest absolute Gasteiger partial charge is 0.453 e. The average Bonchev–Trinajstić information content (AvgIpc) is 3.03. The molecule has 2 heterocycles. The van der Waals surface area contributed by atoms with Gasteiger partial charge in [-0.3, -0.25) is 0 Å². The van der Waals surface area contributed by atoms with Gasteiger partial charge in [0, 0.05) is 11.4 Å². The van der Waals surface area contributed by atoms with E-state index in [1.54, 1.807) is 0 Å². The topological polar surface area (TPSA) is 24.9 Å². The summed E-state index contributed by atoms with van der Waals surface area (Å²) in [5.41, 5.74) is 8.62. The van der Waals surface area contributed by atoms with Gasteiger partial charge in [-0.2, -0.15) is 0 Å². The highest BCUT2D eigenvalue weighted by atomic mass is 16.5. The Hall–Kier alpha value is -5.48. The summed E-state index contributed by atoms with van der Waals surface area (Å²) >= 11 is 0. The Labute approximate surface area is 232 Å². The standard InChI is InChI=1S/C36H24N2O2/c1-5-13-33-29(9-1)37(30-10-2-6-14-34(30)39-33)27-21-17-25(18-22-27)26-19-23-28(24-20-26)38-31-11-3-7-15-35(31)40-36-16-8-4-12-32(36)38/h1-24H. The van der Waals surface area contributed by atoms with Crippen LogP contribution in [-0.2, 0) is 0 Å². The number of ether oxygens (including phenoxy) is 2. The summed E-state index contributed by atoms with van der Waals surface area (Å²) < 4.78 is 12.3. The molecule has 0 saturated carbocycles. The molecule has 6 aromatic rings. The predicted octanol–water partition coefficient (Wildman–Crippen LogP) is 10.5. The van der Waals surface area contributed by atoms with Crippen molar-refractivity contribution < 1.29 is 9.47 Å². The summed E-state index contributed by atoms with van der Waals surface area (Å²) in [4.78, 5) is 4.52. The minimum Gasteiger partial charge on any atom is -0.453 e. The Morgan fingerprint density at radius 2 is 0.575 bits per heavy atom. The van der Waals surface area contributed by atoms with E-state index in [9.17, 15) is 0 Å². The first-order valence-electron chi connectivity index (χ1n) is 13.4. The number of hydrogen-bond acceptors (Lipinski definition) is 4. The Bertz CT molecular complexity index is 1630. The van der Waals surface area contributed by atoms with Crippen LogP contribution in [0.2, 0.25) is 0 Å². The second kappa shape index (κ2) is 9.07. The summed E-state index contributed by atoms with van der Waals surface area (Å²) in [6.07, 6.45) is 0. The third-order valence-corrected chi connectivity index (χ3v) is 7.45. The molecule has 0 aromatic heterocycles. The van der Waals surface area contributed by atoms with Crippen LogP contribution in [0.25, 0.3) is 11.1 Å². The van der Waals surface area contributed by atoms with Gasteiger partial charge in [0.15, 0.2) is 23.0 Å². The first-order valence-corrected chi connectivity index (χ1v) is 13.4. The van der Waals surface area contributed by atoms with Gasteiger partial charge in [0.1, 0.15) is 0 Å². The van der Waals surface area contributed by atoms with Gasteiger partial charge in [-0.1, -0.05) is 72.8 Å². The van der Waals surface area contributed by atoms with E-state index in [1.807, 2.05) is 72.8 Å². The SMILES string of the molecule is c1ccc2c(c1)Oc1ccccc1N2c1ccc(-c2ccc(N3c4ccccc4Oc4ccccc43)cc2)cc1. The van der Waals surface area contributed by atoms with Gasteiger partial charge in [-0.05, 0) is 83.9 Å². The summed E-state index contributed by atoms with van der Waals surface area (Å²) in [6.45, 7) is 0. The maximum atomic E-state index is 6.17. The minimum atomic E-state index is 0.854. The Morgan fingerprint density at radius 3 is 0.875 bits per heavy atom. The number of benzene rings is 6. The summed E-state index contributed by atoms with van der Waals surface area (Å²) in [6, 6.07) is 50.1. The second-order valence-electron chi connectivity index (χ2n) is 9.84. The monoisotopic (exact) mass is 516 g/mol. The molecule has 0 unspecified atom stereocenters. The lowest BCUT2D eigenvalue weighted by Crippen LogP contribution is -2.15. The summed E-state index contributed by atoms with van der Waals surface area (Å²) in [5, 5.41) is 0. The van der Waals surface area contributed by atoms with Crippen molar-refractivity contribution in [2.24, 2.45) is 0 Å². The molecule has 4 heteroatoms. The fraction of sp³-hybridized carbons (Fsp3) is 0. The van der Waals surface area contributed by atoms with Gasteiger partial charge in [-0.15, -0.1) is 0 Å². The van der Waals surface area contributed by atoms with Gasteiger partial charge in [0.05, 0.1) is 22.7 Å². The van der Waals surface area contributed by atoms with Crippen LogP contribution in [0, 0.1) is 0 Å². The van der Waals surface area contributed by atoms with Crippen molar-refractivity contribution in [3.05, 3.63) is 146 Å². The van der Waals surface area contributed by atoms with Crippen molar-refractivity contribution >= 4 is 34.1 Å². The molecule has 2 aliphatic heterocycles. The van der Waals surface area contributed by atoms with Crippen LogP contribution in [0.15, 0.2) is 146 Å². The zero-order valence-electron chi connectivity index (χ0n) is 21.6. The van der Waals surface area contributed by atoms with E-state index in [0.717, 1.165) is 68.2 Å². The molecule has 0 amide bonds. The number of nitrogens with zero attached hydrogens (tertiary/aromatic N) is 2. The van der Waals surface area contributed by atoms with Gasteiger partial charge in [0.25, 0.3) is 0 Å². The molecule has 4 nitrogen and oxygen atoms in total. The highest BCUT2D eigenvalue weighted by Crippen LogP contribution is 2.51. The molecular weight excluding hydrogens is 492 g/mol. The van der Waals surface area contributed by atoms with Crippen LogP contribution in [0.1, 0.15) is 0 Å². The van der Waals surface area contributed by atoms with Crippen LogP contribution < -0.4 is 19.3 Å². The van der Waals surface area contributed by atoms with Crippen molar-refractivity contribution in [2.75, 3.05) is 9.80 Å². The van der Waals surface area contributed by atoms with Gasteiger partial charge < -0.3 is 19.3 Å². The predicted molar refractivity (Wildman–Crippen MR) is 161 cm³/mol. The van der Waals surface area contributed by atoms with Crippen molar-refractivity contribution in [1.29, 1.82) is 0 Å². The zero-order valence-corrected chi connectivity index (χ0v) is 21.6. The van der Waals surface area contributed by atoms with Crippen molar-refractivity contribution in [1.82, 2.24) is 0 Å². The van der Waals surface area contributed by atoms with Crippen LogP contribution in [0.3, 0.4) is 0 Å². The summed E-state index contributed by atoms with van der Waals surface area (Å²) in [7, 11) is 0. The van der Waals surface area contributed by atoms with E-state index in [0.29, 0.717) is 0 Å². The van der Waals surface area contributed by atoms with Crippen molar-refractivity contribution in [3.8, 4) is 34.1 Å². The van der Waals surface area contributed by atoms with Gasteiger partial charge in [-0.25, -0.2) is 0 Å². The molecule has 40 heavy (non-hydrogen) atoms. The average molecular weight is 517 g/mol. The molecule has 0 spiro atoms. The van der Waals surface area contributed by atoms with E-state index in [1.165, 1.54) is 0 Å². The van der Waals surface area contributed by atoms with E-state index in [-0.39, 0.29) is 0 Å². The van der Waals surface area contributed by atoms with Crippen LogP contribution in [0.5, 0.6) is 23.0 Å². The quantitative estimate of drug-likeness (QED) is 0.233. The Balaban J connectivity index is 1.13. The van der Waals surface area contributed by atoms with Gasteiger partial charge in [0.2, 0.25) is 0 Å². The van der Waals surface area contributed by atoms with Crippen LogP contribution in [-0.4, -0.2) is 0 Å². The fourth-order valence-electron chi connectivity index (χ4n) is 5.57. The zero-order chi connectivity index (χ0) is 26.5. The number of hydrogen-bond donors (Lipinski definition) is 0. The number of fused-ring (bicyclic) bond motifs is 4. The molecule has 2 aliphatic rings. The molecule has 0 atom stereocenters. The molecule has 0 saturated heterocycles. The molecule has 0 bridgehead atoms. The van der Waals surface area contributed by atoms with Gasteiger partial charge >= 0.3 is 0 Å². The lowest BCUT2D eigenvalue weighted by molar-refractivity contribution is 0.477. The smallest absolute Gasteiger partial charge is 0.151 e. The van der Waals surface area contributed by atoms with Crippen LogP contribution >= 0.6 is 0 Å². The maximum Gasteiger partial charge on any atom is 0.151 e. The van der Waals surface area contributed by atoms with E-state index in [4.69, 9.17) is 9.47 Å². The van der Waals surface area contributed by atoms with E-state index in [2.05, 4.69) is 82.6 Å². The lowest BCUT2D eigenvalue weighted by atomic mass is 10.0. The summed E-state index contributed by atoms with van der Waals surface area (Å²) in [5.74, 6) is 3.42. The fourth-order valence-corrected chi connectivity index (χ4v) is 5.57. The molecule has 190 valence electrons. The molecular formula is C36H24N2O2. The maximum absolute atomic E-state index is 6.17. The first kappa shape index (κ1) is 22.5. The molecule has 0 N–H and O–H groups in total. The molecule has 8 rings (SSSR count). The molecule has 0 aliphatic carbocycles. The third-order valence-electron chi connectivity index (χ3n) is 7.45. The molecule has 6 aromatic carbocycles. The second-order valence-corrected chi connectivity index (χ2v) is 9.84. The van der Waals surface area contributed by atoms with Crippen molar-refractivity contribution in [3.63, 3.8) is 0 Å². The van der Waals surface area contributed by atoms with Crippen LogP contribution in [0.4, 0.5) is 34.1 Å².